The lowest BCUT2D eigenvalue weighted by Crippen LogP contribution is -1.95. The SMILES string of the molecule is c1ccc(-n2c3ccc4c(c5ccccc5n4-c4ccc5cnccc5c4)c3c3ccc4ccccc4c32)cc1. The Morgan fingerprint density at radius 1 is 0.425 bits per heavy atom. The third kappa shape index (κ3) is 2.86. The van der Waals surface area contributed by atoms with Gasteiger partial charge in [-0.3, -0.25) is 4.98 Å². The zero-order chi connectivity index (χ0) is 26.2. The molecular weight excluding hydrogens is 486 g/mol. The largest absolute Gasteiger partial charge is 0.309 e. The minimum absolute atomic E-state index is 1.15. The Morgan fingerprint density at radius 2 is 1.15 bits per heavy atom. The lowest BCUT2D eigenvalue weighted by molar-refractivity contribution is 1.18. The van der Waals surface area contributed by atoms with Gasteiger partial charge in [0.25, 0.3) is 0 Å². The molecule has 0 aliphatic heterocycles. The van der Waals surface area contributed by atoms with Crippen LogP contribution in [0, 0.1) is 0 Å². The highest BCUT2D eigenvalue weighted by Crippen LogP contribution is 2.44. The molecule has 0 aliphatic carbocycles. The van der Waals surface area contributed by atoms with Crippen molar-refractivity contribution in [1.82, 2.24) is 14.1 Å². The summed E-state index contributed by atoms with van der Waals surface area (Å²) in [6, 6.07) is 46.2. The standard InChI is InChI=1S/C37H23N3/c1-2-9-27(10-3-1)40-34-19-18-33-35(36(34)31-17-15-24-8-4-5-11-29(24)37(31)40)30-12-6-7-13-32(30)39(33)28-16-14-26-23-38-21-20-25(26)22-28/h1-23H. The van der Waals surface area contributed by atoms with Gasteiger partial charge in [0.05, 0.1) is 22.1 Å². The van der Waals surface area contributed by atoms with Crippen molar-refractivity contribution in [3.63, 3.8) is 0 Å². The molecule has 0 aliphatic rings. The number of nitrogens with zero attached hydrogens (tertiary/aromatic N) is 3. The molecule has 0 atom stereocenters. The number of benzene rings is 6. The van der Waals surface area contributed by atoms with Crippen LogP contribution in [-0.4, -0.2) is 14.1 Å². The van der Waals surface area contributed by atoms with Crippen LogP contribution in [0.2, 0.25) is 0 Å². The fraction of sp³-hybridized carbons (Fsp3) is 0. The molecule has 3 nitrogen and oxygen atoms in total. The quantitative estimate of drug-likeness (QED) is 0.227. The zero-order valence-electron chi connectivity index (χ0n) is 21.6. The van der Waals surface area contributed by atoms with Gasteiger partial charge in [0.15, 0.2) is 0 Å². The fourth-order valence-electron chi connectivity index (χ4n) is 6.66. The molecule has 0 spiro atoms. The minimum Gasteiger partial charge on any atom is -0.309 e. The molecule has 3 heterocycles. The number of hydrogen-bond acceptors (Lipinski definition) is 1. The van der Waals surface area contributed by atoms with E-state index < -0.39 is 0 Å². The average Bonchev–Trinajstić information content (AvgIpc) is 3.54. The van der Waals surface area contributed by atoms with Gasteiger partial charge >= 0.3 is 0 Å². The summed E-state index contributed by atoms with van der Waals surface area (Å²) in [5.41, 5.74) is 7.22. The maximum absolute atomic E-state index is 4.31. The summed E-state index contributed by atoms with van der Waals surface area (Å²) in [6.07, 6.45) is 3.79. The molecule has 0 saturated heterocycles. The first-order valence-corrected chi connectivity index (χ1v) is 13.6. The van der Waals surface area contributed by atoms with Gasteiger partial charge in [-0.25, -0.2) is 0 Å². The van der Waals surface area contributed by atoms with E-state index in [0.717, 1.165) is 11.1 Å². The van der Waals surface area contributed by atoms with Gasteiger partial charge in [-0.05, 0) is 59.3 Å². The van der Waals surface area contributed by atoms with Crippen molar-refractivity contribution < 1.29 is 0 Å². The van der Waals surface area contributed by atoms with Crippen molar-refractivity contribution in [1.29, 1.82) is 0 Å². The van der Waals surface area contributed by atoms with Crippen LogP contribution >= 0.6 is 0 Å². The van der Waals surface area contributed by atoms with E-state index >= 15 is 0 Å². The molecule has 9 rings (SSSR count). The topological polar surface area (TPSA) is 22.8 Å². The lowest BCUT2D eigenvalue weighted by atomic mass is 10.0. The van der Waals surface area contributed by atoms with E-state index in [4.69, 9.17) is 0 Å². The van der Waals surface area contributed by atoms with Gasteiger partial charge in [-0.1, -0.05) is 78.9 Å². The highest BCUT2D eigenvalue weighted by molar-refractivity contribution is 6.31. The molecular formula is C37H23N3. The molecule has 186 valence electrons. The minimum atomic E-state index is 1.15. The van der Waals surface area contributed by atoms with Crippen molar-refractivity contribution >= 4 is 65.2 Å². The second-order valence-electron chi connectivity index (χ2n) is 10.5. The van der Waals surface area contributed by atoms with Gasteiger partial charge in [-0.2, -0.15) is 0 Å². The predicted octanol–water partition coefficient (Wildman–Crippen LogP) is 9.58. The number of pyridine rings is 1. The van der Waals surface area contributed by atoms with Gasteiger partial charge in [0.1, 0.15) is 0 Å². The lowest BCUT2D eigenvalue weighted by Gasteiger charge is -2.10. The van der Waals surface area contributed by atoms with Crippen molar-refractivity contribution in [2.24, 2.45) is 0 Å². The summed E-state index contributed by atoms with van der Waals surface area (Å²) in [5.74, 6) is 0. The molecule has 40 heavy (non-hydrogen) atoms. The second-order valence-corrected chi connectivity index (χ2v) is 10.5. The Hall–Kier alpha value is -5.41. The van der Waals surface area contributed by atoms with E-state index in [1.807, 2.05) is 12.4 Å². The summed E-state index contributed by atoms with van der Waals surface area (Å²) < 4.78 is 4.86. The first-order chi connectivity index (χ1) is 19.9. The smallest absolute Gasteiger partial charge is 0.0619 e. The molecule has 3 heteroatoms. The van der Waals surface area contributed by atoms with Crippen LogP contribution < -0.4 is 0 Å². The molecule has 0 amide bonds. The van der Waals surface area contributed by atoms with Crippen LogP contribution in [0.3, 0.4) is 0 Å². The Morgan fingerprint density at radius 3 is 2.05 bits per heavy atom. The number of aromatic nitrogens is 3. The van der Waals surface area contributed by atoms with Crippen LogP contribution in [0.1, 0.15) is 0 Å². The maximum atomic E-state index is 4.31. The van der Waals surface area contributed by atoms with Crippen LogP contribution in [0.25, 0.3) is 76.5 Å². The Bertz CT molecular complexity index is 2430. The summed E-state index contributed by atoms with van der Waals surface area (Å²) in [4.78, 5) is 4.31. The van der Waals surface area contributed by atoms with E-state index in [9.17, 15) is 0 Å². The molecule has 0 saturated carbocycles. The number of fused-ring (bicyclic) bond motifs is 10. The third-order valence-corrected chi connectivity index (χ3v) is 8.35. The predicted molar refractivity (Wildman–Crippen MR) is 168 cm³/mol. The summed E-state index contributed by atoms with van der Waals surface area (Å²) in [6.45, 7) is 0. The normalized spacial score (nSPS) is 12.0. The highest BCUT2D eigenvalue weighted by Gasteiger charge is 2.21. The van der Waals surface area contributed by atoms with E-state index in [1.54, 1.807) is 0 Å². The molecule has 0 N–H and O–H groups in total. The van der Waals surface area contributed by atoms with Crippen molar-refractivity contribution in [3.8, 4) is 11.4 Å². The zero-order valence-corrected chi connectivity index (χ0v) is 21.6. The second kappa shape index (κ2) is 8.05. The van der Waals surface area contributed by atoms with Gasteiger partial charge in [0, 0.05) is 56.1 Å². The molecule has 0 bridgehead atoms. The van der Waals surface area contributed by atoms with E-state index in [-0.39, 0.29) is 0 Å². The summed E-state index contributed by atoms with van der Waals surface area (Å²) >= 11 is 0. The van der Waals surface area contributed by atoms with E-state index in [2.05, 4.69) is 142 Å². The molecule has 0 radical (unpaired) electrons. The van der Waals surface area contributed by atoms with Crippen LogP contribution in [0.4, 0.5) is 0 Å². The van der Waals surface area contributed by atoms with Crippen molar-refractivity contribution in [2.75, 3.05) is 0 Å². The Kier molecular flexibility index (Phi) is 4.33. The molecule has 3 aromatic heterocycles. The first-order valence-electron chi connectivity index (χ1n) is 13.6. The summed E-state index contributed by atoms with van der Waals surface area (Å²) in [5, 5.41) is 9.96. The molecule has 0 fully saturated rings. The van der Waals surface area contributed by atoms with Crippen LogP contribution in [-0.2, 0) is 0 Å². The highest BCUT2D eigenvalue weighted by atomic mass is 15.0. The Balaban J connectivity index is 1.51. The average molecular weight is 510 g/mol. The van der Waals surface area contributed by atoms with Crippen molar-refractivity contribution in [3.05, 3.63) is 140 Å². The number of rotatable bonds is 2. The maximum Gasteiger partial charge on any atom is 0.0619 e. The number of para-hydroxylation sites is 2. The van der Waals surface area contributed by atoms with E-state index in [1.165, 1.54) is 65.5 Å². The van der Waals surface area contributed by atoms with Gasteiger partial charge in [0.2, 0.25) is 0 Å². The van der Waals surface area contributed by atoms with Gasteiger partial charge < -0.3 is 9.13 Å². The molecule has 0 unspecified atom stereocenters. The van der Waals surface area contributed by atoms with Crippen LogP contribution in [0.5, 0.6) is 0 Å². The molecule has 6 aromatic carbocycles. The number of hydrogen-bond donors (Lipinski definition) is 0. The van der Waals surface area contributed by atoms with E-state index in [0.29, 0.717) is 0 Å². The van der Waals surface area contributed by atoms with Crippen LogP contribution in [0.15, 0.2) is 140 Å². The first kappa shape index (κ1) is 21.5. The molecule has 9 aromatic rings. The fourth-order valence-corrected chi connectivity index (χ4v) is 6.66. The third-order valence-electron chi connectivity index (χ3n) is 8.35. The summed E-state index contributed by atoms with van der Waals surface area (Å²) in [7, 11) is 0. The Labute approximate surface area is 230 Å². The van der Waals surface area contributed by atoms with Crippen molar-refractivity contribution in [2.45, 2.75) is 0 Å². The monoisotopic (exact) mass is 509 g/mol. The van der Waals surface area contributed by atoms with Gasteiger partial charge in [-0.15, -0.1) is 0 Å².